The van der Waals surface area contributed by atoms with Crippen LogP contribution in [0, 0.1) is 12.7 Å². The van der Waals surface area contributed by atoms with Crippen molar-refractivity contribution in [3.8, 4) is 0 Å². The lowest BCUT2D eigenvalue weighted by atomic mass is 10.2. The first-order valence-corrected chi connectivity index (χ1v) is 9.36. The van der Waals surface area contributed by atoms with Gasteiger partial charge in [0.15, 0.2) is 5.96 Å². The Kier molecular flexibility index (Phi) is 7.59. The monoisotopic (exact) mass is 376 g/mol. The quantitative estimate of drug-likeness (QED) is 0.395. The molecular weight excluding hydrogens is 351 g/mol. The van der Waals surface area contributed by atoms with Crippen molar-refractivity contribution < 1.29 is 9.18 Å². The highest BCUT2D eigenvalue weighted by Crippen LogP contribution is 2.16. The molecule has 1 atom stereocenters. The van der Waals surface area contributed by atoms with E-state index in [1.807, 2.05) is 0 Å². The molecule has 1 aromatic carbocycles. The third-order valence-corrected chi connectivity index (χ3v) is 4.75. The minimum atomic E-state index is -0.520. The molecule has 0 radical (unpaired) electrons. The van der Waals surface area contributed by atoms with Crippen molar-refractivity contribution in [2.45, 2.75) is 26.3 Å². The largest absolute Gasteiger partial charge is 0.355 e. The van der Waals surface area contributed by atoms with Gasteiger partial charge in [0.1, 0.15) is 5.82 Å². The molecule has 3 N–H and O–H groups in total. The van der Waals surface area contributed by atoms with Crippen LogP contribution in [-0.4, -0.2) is 38.0 Å². The summed E-state index contributed by atoms with van der Waals surface area (Å²) in [5, 5.41) is 9.17. The van der Waals surface area contributed by atoms with Crippen LogP contribution in [-0.2, 0) is 6.42 Å². The number of guanidine groups is 1. The van der Waals surface area contributed by atoms with Crippen molar-refractivity contribution in [3.05, 3.63) is 57.5 Å². The van der Waals surface area contributed by atoms with E-state index in [4.69, 9.17) is 0 Å². The third-order valence-electron chi connectivity index (χ3n) is 3.73. The molecule has 0 bridgehead atoms. The number of nitrogens with zero attached hydrogens (tertiary/aromatic N) is 1. The zero-order chi connectivity index (χ0) is 18.9. The van der Waals surface area contributed by atoms with Crippen molar-refractivity contribution in [1.82, 2.24) is 16.0 Å². The molecule has 0 spiro atoms. The SMILES string of the molecule is CN=C(NCCNC(=O)c1ccccc1F)NC(C)Cc1ccc(C)s1. The smallest absolute Gasteiger partial charge is 0.254 e. The maximum atomic E-state index is 13.6. The molecule has 1 amide bonds. The van der Waals surface area contributed by atoms with Crippen molar-refractivity contribution >= 4 is 23.2 Å². The van der Waals surface area contributed by atoms with Crippen molar-refractivity contribution in [3.63, 3.8) is 0 Å². The van der Waals surface area contributed by atoms with Gasteiger partial charge in [0, 0.05) is 42.4 Å². The molecule has 2 aromatic rings. The second kappa shape index (κ2) is 9.91. The second-order valence-corrected chi connectivity index (χ2v) is 7.37. The van der Waals surface area contributed by atoms with E-state index in [2.05, 4.69) is 46.9 Å². The number of aliphatic imine (C=N–C) groups is 1. The summed E-state index contributed by atoms with van der Waals surface area (Å²) in [6, 6.07) is 10.4. The van der Waals surface area contributed by atoms with E-state index in [-0.39, 0.29) is 11.6 Å². The molecule has 26 heavy (non-hydrogen) atoms. The maximum Gasteiger partial charge on any atom is 0.254 e. The molecule has 0 aliphatic rings. The van der Waals surface area contributed by atoms with Gasteiger partial charge in [-0.05, 0) is 38.1 Å². The Labute approximate surface area is 157 Å². The number of hydrogen-bond acceptors (Lipinski definition) is 3. The molecule has 1 aromatic heterocycles. The molecule has 5 nitrogen and oxygen atoms in total. The van der Waals surface area contributed by atoms with Crippen molar-refractivity contribution in [1.29, 1.82) is 0 Å². The highest BCUT2D eigenvalue weighted by molar-refractivity contribution is 7.11. The van der Waals surface area contributed by atoms with Gasteiger partial charge in [-0.3, -0.25) is 9.79 Å². The Morgan fingerprint density at radius 1 is 1.19 bits per heavy atom. The molecule has 1 heterocycles. The fourth-order valence-electron chi connectivity index (χ4n) is 2.47. The minimum absolute atomic E-state index is 0.0508. The summed E-state index contributed by atoms with van der Waals surface area (Å²) in [6.45, 7) is 5.06. The molecule has 0 aliphatic heterocycles. The average molecular weight is 377 g/mol. The van der Waals surface area contributed by atoms with Gasteiger partial charge in [-0.25, -0.2) is 4.39 Å². The Morgan fingerprint density at radius 2 is 1.92 bits per heavy atom. The number of amides is 1. The van der Waals surface area contributed by atoms with Gasteiger partial charge >= 0.3 is 0 Å². The molecule has 7 heteroatoms. The van der Waals surface area contributed by atoms with Gasteiger partial charge < -0.3 is 16.0 Å². The summed E-state index contributed by atoms with van der Waals surface area (Å²) >= 11 is 1.80. The number of carbonyl (C=O) groups is 1. The lowest BCUT2D eigenvalue weighted by Gasteiger charge is -2.17. The van der Waals surface area contributed by atoms with Crippen LogP contribution in [0.3, 0.4) is 0 Å². The summed E-state index contributed by atoms with van der Waals surface area (Å²) in [5.41, 5.74) is 0.0508. The Morgan fingerprint density at radius 3 is 2.58 bits per heavy atom. The predicted molar refractivity (Wildman–Crippen MR) is 105 cm³/mol. The van der Waals surface area contributed by atoms with E-state index >= 15 is 0 Å². The third kappa shape index (κ3) is 6.15. The van der Waals surface area contributed by atoms with E-state index in [1.54, 1.807) is 30.5 Å². The molecule has 0 saturated carbocycles. The first-order valence-electron chi connectivity index (χ1n) is 8.55. The normalized spacial score (nSPS) is 12.5. The number of carbonyl (C=O) groups excluding carboxylic acids is 1. The Bertz CT molecular complexity index is 760. The highest BCUT2D eigenvalue weighted by atomic mass is 32.1. The standard InChI is InChI=1S/C19H25FN4OS/c1-13(12-15-9-8-14(2)26-15)24-19(21-3)23-11-10-22-18(25)16-6-4-5-7-17(16)20/h4-9,13H,10-12H2,1-3H3,(H,22,25)(H2,21,23,24). The lowest BCUT2D eigenvalue weighted by molar-refractivity contribution is 0.0950. The first-order chi connectivity index (χ1) is 12.5. The van der Waals surface area contributed by atoms with Gasteiger partial charge in [-0.1, -0.05) is 12.1 Å². The molecule has 0 aliphatic carbocycles. The number of hydrogen-bond donors (Lipinski definition) is 3. The van der Waals surface area contributed by atoms with Crippen LogP contribution in [0.4, 0.5) is 4.39 Å². The molecule has 2 rings (SSSR count). The lowest BCUT2D eigenvalue weighted by Crippen LogP contribution is -2.45. The van der Waals surface area contributed by atoms with Crippen LogP contribution in [0.25, 0.3) is 0 Å². The zero-order valence-corrected chi connectivity index (χ0v) is 16.1. The van der Waals surface area contributed by atoms with Crippen LogP contribution in [0.2, 0.25) is 0 Å². The summed E-state index contributed by atoms with van der Waals surface area (Å²) in [6.07, 6.45) is 0.920. The van der Waals surface area contributed by atoms with Gasteiger partial charge in [-0.2, -0.15) is 0 Å². The van der Waals surface area contributed by atoms with Gasteiger partial charge in [0.25, 0.3) is 5.91 Å². The Balaban J connectivity index is 1.71. The van der Waals surface area contributed by atoms with Crippen LogP contribution < -0.4 is 16.0 Å². The summed E-state index contributed by atoms with van der Waals surface area (Å²) < 4.78 is 13.6. The summed E-state index contributed by atoms with van der Waals surface area (Å²) in [7, 11) is 1.70. The molecule has 0 fully saturated rings. The van der Waals surface area contributed by atoms with Gasteiger partial charge in [-0.15, -0.1) is 11.3 Å². The maximum absolute atomic E-state index is 13.6. The van der Waals surface area contributed by atoms with E-state index < -0.39 is 11.7 Å². The van der Waals surface area contributed by atoms with Crippen LogP contribution in [0.5, 0.6) is 0 Å². The fourth-order valence-corrected chi connectivity index (χ4v) is 3.49. The van der Waals surface area contributed by atoms with Gasteiger partial charge in [0.2, 0.25) is 0 Å². The fraction of sp³-hybridized carbons (Fsp3) is 0.368. The van der Waals surface area contributed by atoms with Crippen LogP contribution in [0.15, 0.2) is 41.4 Å². The summed E-state index contributed by atoms with van der Waals surface area (Å²) in [4.78, 5) is 18.8. The van der Waals surface area contributed by atoms with E-state index in [9.17, 15) is 9.18 Å². The number of rotatable bonds is 7. The zero-order valence-electron chi connectivity index (χ0n) is 15.3. The first kappa shape index (κ1) is 19.9. The predicted octanol–water partition coefficient (Wildman–Crippen LogP) is 2.72. The van der Waals surface area contributed by atoms with E-state index in [1.165, 1.54) is 21.9 Å². The molecular formula is C19H25FN4OS. The van der Waals surface area contributed by atoms with Crippen molar-refractivity contribution in [2.24, 2.45) is 4.99 Å². The molecule has 1 unspecified atom stereocenters. The second-order valence-electron chi connectivity index (χ2n) is 6.00. The average Bonchev–Trinajstić information content (AvgIpc) is 3.02. The Hall–Kier alpha value is -2.41. The number of aryl methyl sites for hydroxylation is 1. The molecule has 140 valence electrons. The van der Waals surface area contributed by atoms with E-state index in [0.29, 0.717) is 19.0 Å². The number of halogens is 1. The van der Waals surface area contributed by atoms with E-state index in [0.717, 1.165) is 6.42 Å². The topological polar surface area (TPSA) is 65.5 Å². The van der Waals surface area contributed by atoms with Gasteiger partial charge in [0.05, 0.1) is 5.56 Å². The molecule has 0 saturated heterocycles. The number of thiophene rings is 1. The van der Waals surface area contributed by atoms with Crippen LogP contribution in [0.1, 0.15) is 27.0 Å². The minimum Gasteiger partial charge on any atom is -0.355 e. The summed E-state index contributed by atoms with van der Waals surface area (Å²) in [5.74, 6) is -0.270. The number of nitrogens with one attached hydrogen (secondary N) is 3. The number of benzene rings is 1. The highest BCUT2D eigenvalue weighted by Gasteiger charge is 2.10. The van der Waals surface area contributed by atoms with Crippen molar-refractivity contribution in [2.75, 3.05) is 20.1 Å². The van der Waals surface area contributed by atoms with Crippen LogP contribution >= 0.6 is 11.3 Å².